The van der Waals surface area contributed by atoms with E-state index in [0.717, 1.165) is 19.5 Å². The van der Waals surface area contributed by atoms with Crippen molar-refractivity contribution in [1.82, 2.24) is 15.1 Å². The molecule has 1 N–H and O–H groups in total. The Morgan fingerprint density at radius 3 is 2.24 bits per heavy atom. The van der Waals surface area contributed by atoms with Crippen LogP contribution in [0, 0.1) is 11.8 Å². The van der Waals surface area contributed by atoms with Crippen LogP contribution < -0.4 is 5.32 Å². The SMILES string of the molecule is CC(C)CC(=O)N1CCN(C(=O)CC2CCCNC2)CC1. The van der Waals surface area contributed by atoms with Gasteiger partial charge in [0.15, 0.2) is 0 Å². The lowest BCUT2D eigenvalue weighted by molar-refractivity contribution is -0.140. The zero-order valence-electron chi connectivity index (χ0n) is 13.4. The smallest absolute Gasteiger partial charge is 0.223 e. The largest absolute Gasteiger partial charge is 0.339 e. The van der Waals surface area contributed by atoms with Gasteiger partial charge in [0.25, 0.3) is 0 Å². The number of carbonyl (C=O) groups excluding carboxylic acids is 2. The van der Waals surface area contributed by atoms with E-state index in [-0.39, 0.29) is 11.8 Å². The molecular formula is C16H29N3O2. The first-order valence-corrected chi connectivity index (χ1v) is 8.32. The molecule has 2 aliphatic heterocycles. The Kier molecular flexibility index (Phi) is 6.03. The number of hydrogen-bond acceptors (Lipinski definition) is 3. The van der Waals surface area contributed by atoms with E-state index in [1.807, 2.05) is 9.80 Å². The summed E-state index contributed by atoms with van der Waals surface area (Å²) in [5.74, 6) is 1.39. The third-order valence-corrected chi connectivity index (χ3v) is 4.43. The van der Waals surface area contributed by atoms with Gasteiger partial charge in [-0.25, -0.2) is 0 Å². The first-order valence-electron chi connectivity index (χ1n) is 8.32. The lowest BCUT2D eigenvalue weighted by Crippen LogP contribution is -2.51. The van der Waals surface area contributed by atoms with Gasteiger partial charge in [-0.1, -0.05) is 13.8 Å². The van der Waals surface area contributed by atoms with E-state index in [0.29, 0.717) is 50.9 Å². The van der Waals surface area contributed by atoms with Gasteiger partial charge in [0.05, 0.1) is 0 Å². The topological polar surface area (TPSA) is 52.7 Å². The van der Waals surface area contributed by atoms with E-state index < -0.39 is 0 Å². The molecule has 2 aliphatic rings. The van der Waals surface area contributed by atoms with Crippen molar-refractivity contribution in [3.8, 4) is 0 Å². The molecule has 2 rings (SSSR count). The van der Waals surface area contributed by atoms with Crippen LogP contribution in [0.3, 0.4) is 0 Å². The highest BCUT2D eigenvalue weighted by molar-refractivity contribution is 5.78. The molecule has 0 spiro atoms. The summed E-state index contributed by atoms with van der Waals surface area (Å²) < 4.78 is 0. The Balaban J connectivity index is 1.72. The van der Waals surface area contributed by atoms with Gasteiger partial charge in [-0.15, -0.1) is 0 Å². The molecule has 0 aromatic carbocycles. The van der Waals surface area contributed by atoms with E-state index in [2.05, 4.69) is 19.2 Å². The second-order valence-electron chi connectivity index (χ2n) is 6.78. The minimum absolute atomic E-state index is 0.230. The number of piperidine rings is 1. The normalized spacial score (nSPS) is 23.5. The van der Waals surface area contributed by atoms with Crippen molar-refractivity contribution >= 4 is 11.8 Å². The maximum absolute atomic E-state index is 12.3. The fraction of sp³-hybridized carbons (Fsp3) is 0.875. The summed E-state index contributed by atoms with van der Waals surface area (Å²) in [6.07, 6.45) is 3.61. The summed E-state index contributed by atoms with van der Waals surface area (Å²) in [7, 11) is 0. The highest BCUT2D eigenvalue weighted by Crippen LogP contribution is 2.16. The summed E-state index contributed by atoms with van der Waals surface area (Å²) in [5, 5.41) is 3.36. The van der Waals surface area contributed by atoms with E-state index >= 15 is 0 Å². The molecule has 2 amide bonds. The number of nitrogens with zero attached hydrogens (tertiary/aromatic N) is 2. The predicted molar refractivity (Wildman–Crippen MR) is 82.8 cm³/mol. The molecule has 0 aliphatic carbocycles. The van der Waals surface area contributed by atoms with Gasteiger partial charge >= 0.3 is 0 Å². The summed E-state index contributed by atoms with van der Waals surface area (Å²) in [5.41, 5.74) is 0. The molecule has 0 bridgehead atoms. The number of hydrogen-bond donors (Lipinski definition) is 1. The van der Waals surface area contributed by atoms with Crippen LogP contribution in [0.25, 0.3) is 0 Å². The molecule has 2 heterocycles. The van der Waals surface area contributed by atoms with Crippen molar-refractivity contribution in [3.05, 3.63) is 0 Å². The molecule has 1 atom stereocenters. The first-order chi connectivity index (χ1) is 10.1. The van der Waals surface area contributed by atoms with Crippen LogP contribution in [0.1, 0.15) is 39.5 Å². The lowest BCUT2D eigenvalue weighted by Gasteiger charge is -2.36. The third kappa shape index (κ3) is 4.99. The maximum Gasteiger partial charge on any atom is 0.223 e. The van der Waals surface area contributed by atoms with Gasteiger partial charge in [0, 0.05) is 39.0 Å². The highest BCUT2D eigenvalue weighted by atomic mass is 16.2. The van der Waals surface area contributed by atoms with Crippen molar-refractivity contribution in [2.45, 2.75) is 39.5 Å². The summed E-state index contributed by atoms with van der Waals surface area (Å²) in [4.78, 5) is 28.2. The average Bonchev–Trinajstić information content (AvgIpc) is 2.47. The van der Waals surface area contributed by atoms with Gasteiger partial charge in [0.1, 0.15) is 0 Å². The summed E-state index contributed by atoms with van der Waals surface area (Å²) in [6.45, 7) is 8.97. The number of amides is 2. The molecule has 0 aromatic heterocycles. The Morgan fingerprint density at radius 2 is 1.71 bits per heavy atom. The number of rotatable bonds is 4. The maximum atomic E-state index is 12.3. The van der Waals surface area contributed by atoms with Crippen LogP contribution in [0.15, 0.2) is 0 Å². The molecule has 2 fully saturated rings. The van der Waals surface area contributed by atoms with Crippen molar-refractivity contribution in [1.29, 1.82) is 0 Å². The van der Waals surface area contributed by atoms with Gasteiger partial charge in [0.2, 0.25) is 11.8 Å². The fourth-order valence-electron chi connectivity index (χ4n) is 3.16. The van der Waals surface area contributed by atoms with E-state index in [4.69, 9.17) is 0 Å². The van der Waals surface area contributed by atoms with Crippen LogP contribution in [-0.4, -0.2) is 60.9 Å². The standard InChI is InChI=1S/C16H29N3O2/c1-13(2)10-15(20)18-6-8-19(9-7-18)16(21)11-14-4-3-5-17-12-14/h13-14,17H,3-12H2,1-2H3. The molecule has 2 saturated heterocycles. The molecule has 0 saturated carbocycles. The first kappa shape index (κ1) is 16.3. The molecule has 0 aromatic rings. The lowest BCUT2D eigenvalue weighted by atomic mass is 9.95. The second-order valence-corrected chi connectivity index (χ2v) is 6.78. The molecule has 5 heteroatoms. The molecule has 1 unspecified atom stereocenters. The van der Waals surface area contributed by atoms with Crippen molar-refractivity contribution in [2.24, 2.45) is 11.8 Å². The van der Waals surface area contributed by atoms with Crippen LogP contribution in [0.4, 0.5) is 0 Å². The Bertz CT molecular complexity index is 357. The number of piperazine rings is 1. The van der Waals surface area contributed by atoms with Gasteiger partial charge in [-0.2, -0.15) is 0 Å². The van der Waals surface area contributed by atoms with Crippen LogP contribution in [0.5, 0.6) is 0 Å². The van der Waals surface area contributed by atoms with Crippen LogP contribution in [0.2, 0.25) is 0 Å². The van der Waals surface area contributed by atoms with Gasteiger partial charge < -0.3 is 15.1 Å². The predicted octanol–water partition coefficient (Wildman–Crippen LogP) is 1.09. The zero-order chi connectivity index (χ0) is 15.2. The molecule has 5 nitrogen and oxygen atoms in total. The Hall–Kier alpha value is -1.10. The Labute approximate surface area is 128 Å². The monoisotopic (exact) mass is 295 g/mol. The zero-order valence-corrected chi connectivity index (χ0v) is 13.4. The van der Waals surface area contributed by atoms with E-state index in [1.54, 1.807) is 0 Å². The molecule has 0 radical (unpaired) electrons. The van der Waals surface area contributed by atoms with Crippen molar-refractivity contribution < 1.29 is 9.59 Å². The number of carbonyl (C=O) groups is 2. The van der Waals surface area contributed by atoms with Crippen LogP contribution >= 0.6 is 0 Å². The van der Waals surface area contributed by atoms with Crippen LogP contribution in [-0.2, 0) is 9.59 Å². The fourth-order valence-corrected chi connectivity index (χ4v) is 3.16. The van der Waals surface area contributed by atoms with Crippen molar-refractivity contribution in [3.63, 3.8) is 0 Å². The second kappa shape index (κ2) is 7.78. The van der Waals surface area contributed by atoms with E-state index in [1.165, 1.54) is 6.42 Å². The third-order valence-electron chi connectivity index (χ3n) is 4.43. The molecular weight excluding hydrogens is 266 g/mol. The quantitative estimate of drug-likeness (QED) is 0.845. The number of nitrogens with one attached hydrogen (secondary N) is 1. The minimum Gasteiger partial charge on any atom is -0.339 e. The highest BCUT2D eigenvalue weighted by Gasteiger charge is 2.26. The summed E-state index contributed by atoms with van der Waals surface area (Å²) in [6, 6.07) is 0. The molecule has 21 heavy (non-hydrogen) atoms. The molecule has 120 valence electrons. The average molecular weight is 295 g/mol. The van der Waals surface area contributed by atoms with E-state index in [9.17, 15) is 9.59 Å². The minimum atomic E-state index is 0.230. The van der Waals surface area contributed by atoms with Gasteiger partial charge in [-0.05, 0) is 37.8 Å². The van der Waals surface area contributed by atoms with Gasteiger partial charge in [-0.3, -0.25) is 9.59 Å². The summed E-state index contributed by atoms with van der Waals surface area (Å²) >= 11 is 0. The Morgan fingerprint density at radius 1 is 1.10 bits per heavy atom. The van der Waals surface area contributed by atoms with Crippen molar-refractivity contribution in [2.75, 3.05) is 39.3 Å².